The molecule has 0 aliphatic heterocycles. The minimum Gasteiger partial charge on any atom is -0.457 e. The van der Waals surface area contributed by atoms with Crippen LogP contribution in [0.4, 0.5) is 0 Å². The van der Waals surface area contributed by atoms with Crippen molar-refractivity contribution in [3.8, 4) is 0 Å². The highest BCUT2D eigenvalue weighted by molar-refractivity contribution is 5.69. The Balaban J connectivity index is 3.58. The molecule has 4 heteroatoms. The zero-order valence-electron chi connectivity index (χ0n) is 6.87. The van der Waals surface area contributed by atoms with Crippen LogP contribution < -0.4 is 0 Å². The van der Waals surface area contributed by atoms with E-state index >= 15 is 0 Å². The molecule has 0 amide bonds. The molecule has 4 nitrogen and oxygen atoms in total. The van der Waals surface area contributed by atoms with E-state index < -0.39 is 6.10 Å². The van der Waals surface area contributed by atoms with Crippen molar-refractivity contribution in [2.75, 3.05) is 20.3 Å². The van der Waals surface area contributed by atoms with Gasteiger partial charge in [-0.25, -0.2) is 0 Å². The third-order valence-corrected chi connectivity index (χ3v) is 1.14. The number of aliphatic hydroxyl groups excluding tert-OH is 1. The van der Waals surface area contributed by atoms with Gasteiger partial charge in [-0.05, 0) is 0 Å². The van der Waals surface area contributed by atoms with E-state index in [2.05, 4.69) is 0 Å². The molecule has 1 N–H and O–H groups in total. The molecular formula is C7H14O4. The van der Waals surface area contributed by atoms with E-state index in [-0.39, 0.29) is 19.2 Å². The first-order valence-corrected chi connectivity index (χ1v) is 3.53. The lowest BCUT2D eigenvalue weighted by Gasteiger charge is -2.13. The summed E-state index contributed by atoms with van der Waals surface area (Å²) >= 11 is 0. The Morgan fingerprint density at radius 3 is 2.64 bits per heavy atom. The number of carbonyl (C=O) groups is 1. The highest BCUT2D eigenvalue weighted by Gasteiger charge is 2.10. The Morgan fingerprint density at radius 2 is 2.27 bits per heavy atom. The van der Waals surface area contributed by atoms with Gasteiger partial charge in [0.25, 0.3) is 0 Å². The molecule has 1 unspecified atom stereocenters. The van der Waals surface area contributed by atoms with Crippen molar-refractivity contribution in [2.24, 2.45) is 0 Å². The van der Waals surface area contributed by atoms with Crippen molar-refractivity contribution < 1.29 is 19.4 Å². The molecule has 0 bridgehead atoms. The lowest BCUT2D eigenvalue weighted by atomic mass is 10.4. The molecule has 0 fully saturated rings. The minimum absolute atomic E-state index is 0.195. The molecule has 0 saturated carbocycles. The Labute approximate surface area is 66.1 Å². The van der Waals surface area contributed by atoms with E-state index in [1.165, 1.54) is 7.11 Å². The van der Waals surface area contributed by atoms with Crippen molar-refractivity contribution in [3.05, 3.63) is 0 Å². The zero-order valence-corrected chi connectivity index (χ0v) is 6.87. The smallest absolute Gasteiger partial charge is 0.305 e. The van der Waals surface area contributed by atoms with E-state index in [0.29, 0.717) is 6.42 Å². The average molecular weight is 162 g/mol. The Hall–Kier alpha value is -0.610. The molecule has 0 aliphatic rings. The standard InChI is InChI=1S/C7H14O4/c1-3-7(9)11-6(4-8)5-10-2/h6,8H,3-5H2,1-2H3. The Kier molecular flexibility index (Phi) is 5.78. The highest BCUT2D eigenvalue weighted by atomic mass is 16.6. The Bertz CT molecular complexity index is 113. The van der Waals surface area contributed by atoms with Gasteiger partial charge in [-0.3, -0.25) is 4.79 Å². The summed E-state index contributed by atoms with van der Waals surface area (Å²) in [7, 11) is 1.49. The lowest BCUT2D eigenvalue weighted by Crippen LogP contribution is -2.26. The zero-order chi connectivity index (χ0) is 8.69. The predicted octanol–water partition coefficient (Wildman–Crippen LogP) is -0.0531. The molecule has 0 heterocycles. The van der Waals surface area contributed by atoms with E-state index in [4.69, 9.17) is 14.6 Å². The van der Waals surface area contributed by atoms with Gasteiger partial charge in [0.1, 0.15) is 6.10 Å². The normalized spacial score (nSPS) is 12.6. The van der Waals surface area contributed by atoms with Crippen molar-refractivity contribution >= 4 is 5.97 Å². The third kappa shape index (κ3) is 4.75. The van der Waals surface area contributed by atoms with Crippen LogP contribution in [-0.4, -0.2) is 37.5 Å². The van der Waals surface area contributed by atoms with Gasteiger partial charge >= 0.3 is 5.97 Å². The first kappa shape index (κ1) is 10.4. The van der Waals surface area contributed by atoms with Gasteiger partial charge in [0.15, 0.2) is 0 Å². The first-order valence-electron chi connectivity index (χ1n) is 3.53. The molecule has 11 heavy (non-hydrogen) atoms. The molecule has 1 atom stereocenters. The number of aliphatic hydroxyl groups is 1. The summed E-state index contributed by atoms with van der Waals surface area (Å²) in [6.07, 6.45) is -0.201. The molecule has 66 valence electrons. The second-order valence-corrected chi connectivity index (χ2v) is 2.10. The summed E-state index contributed by atoms with van der Waals surface area (Å²) in [5, 5.41) is 8.64. The van der Waals surface area contributed by atoms with Crippen molar-refractivity contribution in [1.29, 1.82) is 0 Å². The quantitative estimate of drug-likeness (QED) is 0.576. The van der Waals surface area contributed by atoms with E-state index in [0.717, 1.165) is 0 Å². The van der Waals surface area contributed by atoms with Crippen LogP contribution in [0.25, 0.3) is 0 Å². The number of carbonyl (C=O) groups excluding carboxylic acids is 1. The van der Waals surface area contributed by atoms with Gasteiger partial charge in [0, 0.05) is 13.5 Å². The van der Waals surface area contributed by atoms with Crippen LogP contribution in [0.1, 0.15) is 13.3 Å². The third-order valence-electron chi connectivity index (χ3n) is 1.14. The fraction of sp³-hybridized carbons (Fsp3) is 0.857. The molecule has 0 aromatic heterocycles. The van der Waals surface area contributed by atoms with Crippen LogP contribution in [0.5, 0.6) is 0 Å². The maximum absolute atomic E-state index is 10.7. The predicted molar refractivity (Wildman–Crippen MR) is 39.1 cm³/mol. The molecule has 0 rings (SSSR count). The van der Waals surface area contributed by atoms with Crippen LogP contribution in [0.15, 0.2) is 0 Å². The van der Waals surface area contributed by atoms with Crippen LogP contribution in [0, 0.1) is 0 Å². The molecule has 0 aromatic rings. The van der Waals surface area contributed by atoms with Crippen molar-refractivity contribution in [2.45, 2.75) is 19.4 Å². The van der Waals surface area contributed by atoms with Gasteiger partial charge in [0.2, 0.25) is 0 Å². The van der Waals surface area contributed by atoms with E-state index in [9.17, 15) is 4.79 Å². The maximum atomic E-state index is 10.7. The van der Waals surface area contributed by atoms with Gasteiger partial charge in [-0.1, -0.05) is 6.92 Å². The van der Waals surface area contributed by atoms with Gasteiger partial charge in [-0.2, -0.15) is 0 Å². The maximum Gasteiger partial charge on any atom is 0.305 e. The molecular weight excluding hydrogens is 148 g/mol. The number of rotatable bonds is 5. The van der Waals surface area contributed by atoms with Crippen molar-refractivity contribution in [1.82, 2.24) is 0 Å². The second-order valence-electron chi connectivity index (χ2n) is 2.10. The number of hydrogen-bond donors (Lipinski definition) is 1. The molecule has 0 aliphatic carbocycles. The first-order chi connectivity index (χ1) is 5.24. The van der Waals surface area contributed by atoms with Crippen LogP contribution >= 0.6 is 0 Å². The largest absolute Gasteiger partial charge is 0.457 e. The SMILES string of the molecule is CCC(=O)OC(CO)COC. The van der Waals surface area contributed by atoms with Gasteiger partial charge in [-0.15, -0.1) is 0 Å². The summed E-state index contributed by atoms with van der Waals surface area (Å²) in [5.41, 5.74) is 0. The van der Waals surface area contributed by atoms with Crippen LogP contribution in [0.3, 0.4) is 0 Å². The van der Waals surface area contributed by atoms with Crippen LogP contribution in [-0.2, 0) is 14.3 Å². The summed E-state index contributed by atoms with van der Waals surface area (Å²) < 4.78 is 9.48. The van der Waals surface area contributed by atoms with Gasteiger partial charge < -0.3 is 14.6 Å². The highest BCUT2D eigenvalue weighted by Crippen LogP contribution is 1.94. The summed E-state index contributed by atoms with van der Waals surface area (Å²) in [4.78, 5) is 10.7. The number of ether oxygens (including phenoxy) is 2. The van der Waals surface area contributed by atoms with E-state index in [1.807, 2.05) is 0 Å². The van der Waals surface area contributed by atoms with E-state index in [1.54, 1.807) is 6.92 Å². The molecule has 0 saturated heterocycles. The molecule has 0 radical (unpaired) electrons. The molecule has 0 aromatic carbocycles. The minimum atomic E-state index is -0.521. The Morgan fingerprint density at radius 1 is 1.64 bits per heavy atom. The fourth-order valence-corrected chi connectivity index (χ4v) is 0.579. The average Bonchev–Trinajstić information content (AvgIpc) is 2.03. The lowest BCUT2D eigenvalue weighted by molar-refractivity contribution is -0.153. The monoisotopic (exact) mass is 162 g/mol. The topological polar surface area (TPSA) is 55.8 Å². The van der Waals surface area contributed by atoms with Crippen LogP contribution in [0.2, 0.25) is 0 Å². The fourth-order valence-electron chi connectivity index (χ4n) is 0.579. The molecule has 0 spiro atoms. The second kappa shape index (κ2) is 6.12. The van der Waals surface area contributed by atoms with Gasteiger partial charge in [0.05, 0.1) is 13.2 Å². The number of esters is 1. The number of methoxy groups -OCH3 is 1. The summed E-state index contributed by atoms with van der Waals surface area (Å²) in [6.45, 7) is 1.74. The summed E-state index contributed by atoms with van der Waals surface area (Å²) in [5.74, 6) is -0.318. The van der Waals surface area contributed by atoms with Crippen molar-refractivity contribution in [3.63, 3.8) is 0 Å². The number of hydrogen-bond acceptors (Lipinski definition) is 4. The summed E-state index contributed by atoms with van der Waals surface area (Å²) in [6, 6.07) is 0.